The quantitative estimate of drug-likeness (QED) is 0.793. The van der Waals surface area contributed by atoms with E-state index >= 15 is 0 Å². The highest BCUT2D eigenvalue weighted by Crippen LogP contribution is 2.33. The molecule has 0 heterocycles. The largest absolute Gasteiger partial charge is 0.301 e. The Balaban J connectivity index is 2.65. The molecule has 0 bridgehead atoms. The lowest BCUT2D eigenvalue weighted by atomic mass is 9.98. The van der Waals surface area contributed by atoms with Gasteiger partial charge in [0.25, 0.3) is 0 Å². The fourth-order valence-corrected chi connectivity index (χ4v) is 2.61. The van der Waals surface area contributed by atoms with E-state index in [1.807, 2.05) is 0 Å². The Labute approximate surface area is 99.8 Å². The maximum Gasteiger partial charge on any atom is 0.108 e. The molecule has 0 spiro atoms. The first kappa shape index (κ1) is 13.5. The summed E-state index contributed by atoms with van der Waals surface area (Å²) < 4.78 is 0. The van der Waals surface area contributed by atoms with E-state index in [-0.39, 0.29) is 5.54 Å². The van der Waals surface area contributed by atoms with Crippen molar-refractivity contribution in [3.8, 4) is 6.07 Å². The fraction of sp³-hybridized carbons (Fsp3) is 0.923. The third-order valence-electron chi connectivity index (χ3n) is 3.66. The molecule has 1 rings (SSSR count). The maximum atomic E-state index is 9.37. The molecule has 3 nitrogen and oxygen atoms in total. The zero-order chi connectivity index (χ0) is 12.3. The Hall–Kier alpha value is -0.590. The van der Waals surface area contributed by atoms with Crippen molar-refractivity contribution in [1.82, 2.24) is 10.2 Å². The van der Waals surface area contributed by atoms with Gasteiger partial charge in [-0.15, -0.1) is 0 Å². The third kappa shape index (κ3) is 2.96. The van der Waals surface area contributed by atoms with Crippen LogP contribution in [0, 0.1) is 11.3 Å². The average molecular weight is 223 g/mol. The van der Waals surface area contributed by atoms with Gasteiger partial charge in [0.1, 0.15) is 5.54 Å². The van der Waals surface area contributed by atoms with Crippen molar-refractivity contribution < 1.29 is 0 Å². The topological polar surface area (TPSA) is 39.1 Å². The van der Waals surface area contributed by atoms with Gasteiger partial charge < -0.3 is 4.90 Å². The van der Waals surface area contributed by atoms with Crippen LogP contribution in [-0.2, 0) is 0 Å². The van der Waals surface area contributed by atoms with Crippen molar-refractivity contribution in [3.63, 3.8) is 0 Å². The minimum absolute atomic E-state index is 0.290. The monoisotopic (exact) mass is 223 g/mol. The summed E-state index contributed by atoms with van der Waals surface area (Å²) in [6.07, 6.45) is 3.06. The first-order valence-corrected chi connectivity index (χ1v) is 6.31. The highest BCUT2D eigenvalue weighted by atomic mass is 15.2. The highest BCUT2D eigenvalue weighted by molar-refractivity contribution is 5.13. The standard InChI is InChI=1S/C13H25N3/c1-10(2)15-13(9-14)7-6-12(8-13)16(5)11(3)4/h10-12,15H,6-8H2,1-5H3. The Kier molecular flexibility index (Phi) is 4.35. The predicted octanol–water partition coefficient (Wildman–Crippen LogP) is 2.14. The summed E-state index contributed by atoms with van der Waals surface area (Å²) in [5.74, 6) is 0. The number of nitrogens with zero attached hydrogens (tertiary/aromatic N) is 2. The van der Waals surface area contributed by atoms with Gasteiger partial charge in [0, 0.05) is 18.1 Å². The summed E-state index contributed by atoms with van der Waals surface area (Å²) in [7, 11) is 2.16. The summed E-state index contributed by atoms with van der Waals surface area (Å²) in [5.41, 5.74) is -0.290. The van der Waals surface area contributed by atoms with E-state index < -0.39 is 0 Å². The molecule has 0 radical (unpaired) electrons. The highest BCUT2D eigenvalue weighted by Gasteiger charge is 2.41. The molecule has 0 aliphatic heterocycles. The summed E-state index contributed by atoms with van der Waals surface area (Å²) in [4.78, 5) is 2.39. The Bertz CT molecular complexity index is 267. The lowest BCUT2D eigenvalue weighted by Gasteiger charge is -2.30. The van der Waals surface area contributed by atoms with Gasteiger partial charge in [-0.3, -0.25) is 5.32 Å². The molecule has 0 aromatic carbocycles. The SMILES string of the molecule is CC(C)NC1(C#N)CCC(N(C)C(C)C)C1. The molecule has 0 aromatic rings. The van der Waals surface area contributed by atoms with Gasteiger partial charge in [-0.1, -0.05) is 0 Å². The first-order chi connectivity index (χ1) is 7.40. The van der Waals surface area contributed by atoms with Crippen LogP contribution in [0.15, 0.2) is 0 Å². The minimum atomic E-state index is -0.290. The van der Waals surface area contributed by atoms with Gasteiger partial charge in [0.2, 0.25) is 0 Å². The Morgan fingerprint density at radius 1 is 1.38 bits per heavy atom. The predicted molar refractivity (Wildman–Crippen MR) is 67.2 cm³/mol. The second-order valence-corrected chi connectivity index (χ2v) is 5.65. The molecular formula is C13H25N3. The average Bonchev–Trinajstić information content (AvgIpc) is 2.60. The van der Waals surface area contributed by atoms with Crippen LogP contribution in [0.5, 0.6) is 0 Å². The van der Waals surface area contributed by atoms with Gasteiger partial charge in [-0.05, 0) is 54.0 Å². The zero-order valence-corrected chi connectivity index (χ0v) is 11.2. The van der Waals surface area contributed by atoms with Crippen LogP contribution in [0.1, 0.15) is 47.0 Å². The van der Waals surface area contributed by atoms with Crippen LogP contribution in [0.4, 0.5) is 0 Å². The van der Waals surface area contributed by atoms with Crippen LogP contribution < -0.4 is 5.32 Å². The normalized spacial score (nSPS) is 30.3. The van der Waals surface area contributed by atoms with Gasteiger partial charge in [-0.2, -0.15) is 5.26 Å². The number of hydrogen-bond acceptors (Lipinski definition) is 3. The minimum Gasteiger partial charge on any atom is -0.301 e. The molecule has 3 heteroatoms. The molecule has 0 amide bonds. The lowest BCUT2D eigenvalue weighted by Crippen LogP contribution is -2.47. The summed E-state index contributed by atoms with van der Waals surface area (Å²) in [6, 6.07) is 3.97. The van der Waals surface area contributed by atoms with E-state index in [1.54, 1.807) is 0 Å². The number of nitriles is 1. The summed E-state index contributed by atoms with van der Waals surface area (Å²) >= 11 is 0. The van der Waals surface area contributed by atoms with Crippen molar-refractivity contribution in [2.24, 2.45) is 0 Å². The van der Waals surface area contributed by atoms with E-state index in [0.29, 0.717) is 18.1 Å². The van der Waals surface area contributed by atoms with Crippen LogP contribution in [-0.4, -0.2) is 35.6 Å². The van der Waals surface area contributed by atoms with E-state index in [4.69, 9.17) is 0 Å². The lowest BCUT2D eigenvalue weighted by molar-refractivity contribution is 0.190. The van der Waals surface area contributed by atoms with Crippen molar-refractivity contribution in [3.05, 3.63) is 0 Å². The smallest absolute Gasteiger partial charge is 0.108 e. The van der Waals surface area contributed by atoms with E-state index in [9.17, 15) is 5.26 Å². The van der Waals surface area contributed by atoms with Crippen LogP contribution >= 0.6 is 0 Å². The molecule has 1 N–H and O–H groups in total. The van der Waals surface area contributed by atoms with Crippen LogP contribution in [0.3, 0.4) is 0 Å². The third-order valence-corrected chi connectivity index (χ3v) is 3.66. The first-order valence-electron chi connectivity index (χ1n) is 6.31. The Morgan fingerprint density at radius 2 is 2.00 bits per heavy atom. The van der Waals surface area contributed by atoms with Gasteiger partial charge in [0.15, 0.2) is 0 Å². The van der Waals surface area contributed by atoms with E-state index in [1.165, 1.54) is 0 Å². The van der Waals surface area contributed by atoms with E-state index in [0.717, 1.165) is 19.3 Å². The molecule has 92 valence electrons. The van der Waals surface area contributed by atoms with Crippen molar-refractivity contribution >= 4 is 0 Å². The Morgan fingerprint density at radius 3 is 2.44 bits per heavy atom. The van der Waals surface area contributed by atoms with Crippen molar-refractivity contribution in [2.75, 3.05) is 7.05 Å². The molecule has 1 saturated carbocycles. The molecule has 16 heavy (non-hydrogen) atoms. The summed E-state index contributed by atoms with van der Waals surface area (Å²) in [5, 5.41) is 12.8. The number of hydrogen-bond donors (Lipinski definition) is 1. The van der Waals surface area contributed by atoms with Crippen molar-refractivity contribution in [2.45, 2.75) is 70.6 Å². The molecular weight excluding hydrogens is 198 g/mol. The number of rotatable bonds is 4. The van der Waals surface area contributed by atoms with Gasteiger partial charge in [-0.25, -0.2) is 0 Å². The molecule has 0 aromatic heterocycles. The fourth-order valence-electron chi connectivity index (χ4n) is 2.61. The second-order valence-electron chi connectivity index (χ2n) is 5.65. The molecule has 1 aliphatic rings. The zero-order valence-electron chi connectivity index (χ0n) is 11.2. The van der Waals surface area contributed by atoms with Gasteiger partial charge in [0.05, 0.1) is 6.07 Å². The number of nitrogens with one attached hydrogen (secondary N) is 1. The molecule has 1 aliphatic carbocycles. The second kappa shape index (κ2) is 5.16. The van der Waals surface area contributed by atoms with E-state index in [2.05, 4.69) is 51.0 Å². The molecule has 1 fully saturated rings. The molecule has 2 atom stereocenters. The molecule has 0 saturated heterocycles. The van der Waals surface area contributed by atoms with Crippen LogP contribution in [0.25, 0.3) is 0 Å². The maximum absolute atomic E-state index is 9.37. The molecule has 2 unspecified atom stereocenters. The van der Waals surface area contributed by atoms with Crippen molar-refractivity contribution in [1.29, 1.82) is 5.26 Å². The van der Waals surface area contributed by atoms with Crippen LogP contribution in [0.2, 0.25) is 0 Å². The van der Waals surface area contributed by atoms with Gasteiger partial charge >= 0.3 is 0 Å². The summed E-state index contributed by atoms with van der Waals surface area (Å²) in [6.45, 7) is 8.64.